The second-order valence-corrected chi connectivity index (χ2v) is 4.55. The first-order valence-electron chi connectivity index (χ1n) is 6.33. The lowest BCUT2D eigenvalue weighted by Crippen LogP contribution is -2.15. The molecule has 0 aliphatic heterocycles. The van der Waals surface area contributed by atoms with Gasteiger partial charge in [-0.1, -0.05) is 17.7 Å². The van der Waals surface area contributed by atoms with Gasteiger partial charge in [-0.05, 0) is 37.8 Å². The van der Waals surface area contributed by atoms with Crippen LogP contribution < -0.4 is 5.32 Å². The molecule has 2 rings (SSSR count). The standard InChI is InChI=1S/C14H16N2O3/c17-13(9-10-5-2-1-3-6-10)16-12-8-4-7-11(15-12)14(18)19/h4-5,7-8H,1-3,6,9H2,(H,18,19)(H,15,16,17). The molecule has 0 saturated carbocycles. The van der Waals surface area contributed by atoms with E-state index in [0.29, 0.717) is 6.42 Å². The number of carbonyl (C=O) groups excluding carboxylic acids is 1. The molecule has 0 aromatic carbocycles. The van der Waals surface area contributed by atoms with Crippen LogP contribution in [-0.4, -0.2) is 22.0 Å². The summed E-state index contributed by atoms with van der Waals surface area (Å²) in [5, 5.41) is 11.5. The number of pyridine rings is 1. The SMILES string of the molecule is O=C(CC1=CCCCC1)Nc1cccc(C(=O)O)n1. The van der Waals surface area contributed by atoms with Gasteiger partial charge < -0.3 is 10.4 Å². The van der Waals surface area contributed by atoms with Crippen molar-refractivity contribution in [2.45, 2.75) is 32.1 Å². The number of nitrogens with one attached hydrogen (secondary N) is 1. The molecule has 1 aliphatic carbocycles. The highest BCUT2D eigenvalue weighted by Gasteiger charge is 2.11. The number of hydrogen-bond acceptors (Lipinski definition) is 3. The number of carbonyl (C=O) groups is 2. The maximum atomic E-state index is 11.8. The molecule has 1 amide bonds. The first-order chi connectivity index (χ1) is 9.15. The van der Waals surface area contributed by atoms with Gasteiger partial charge in [-0.25, -0.2) is 9.78 Å². The number of carboxylic acid groups (broad SMARTS) is 1. The largest absolute Gasteiger partial charge is 0.477 e. The molecule has 100 valence electrons. The molecule has 1 aromatic rings. The molecule has 0 radical (unpaired) electrons. The highest BCUT2D eigenvalue weighted by Crippen LogP contribution is 2.20. The van der Waals surface area contributed by atoms with Crippen LogP contribution in [0.2, 0.25) is 0 Å². The molecule has 5 heteroatoms. The summed E-state index contributed by atoms with van der Waals surface area (Å²) in [6, 6.07) is 4.53. The molecule has 1 heterocycles. The molecule has 0 atom stereocenters. The average molecular weight is 260 g/mol. The second-order valence-electron chi connectivity index (χ2n) is 4.55. The van der Waals surface area contributed by atoms with Crippen molar-refractivity contribution in [2.75, 3.05) is 5.32 Å². The smallest absolute Gasteiger partial charge is 0.354 e. The van der Waals surface area contributed by atoms with Gasteiger partial charge in [-0.3, -0.25) is 4.79 Å². The topological polar surface area (TPSA) is 79.3 Å². The second kappa shape index (κ2) is 6.13. The van der Waals surface area contributed by atoms with E-state index in [1.165, 1.54) is 12.5 Å². The molecule has 0 spiro atoms. The van der Waals surface area contributed by atoms with Crippen LogP contribution in [0.25, 0.3) is 0 Å². The van der Waals surface area contributed by atoms with Gasteiger partial charge in [0.2, 0.25) is 5.91 Å². The lowest BCUT2D eigenvalue weighted by molar-refractivity contribution is -0.115. The van der Waals surface area contributed by atoms with E-state index in [1.54, 1.807) is 12.1 Å². The fourth-order valence-corrected chi connectivity index (χ4v) is 2.08. The van der Waals surface area contributed by atoms with Crippen LogP contribution in [0.5, 0.6) is 0 Å². The number of hydrogen-bond donors (Lipinski definition) is 2. The summed E-state index contributed by atoms with van der Waals surface area (Å²) in [5.41, 5.74) is 1.08. The van der Waals surface area contributed by atoms with Gasteiger partial charge in [-0.2, -0.15) is 0 Å². The Balaban J connectivity index is 1.96. The molecule has 0 bridgehead atoms. The summed E-state index contributed by atoms with van der Waals surface area (Å²) in [6.45, 7) is 0. The van der Waals surface area contributed by atoms with Crippen LogP contribution in [0.3, 0.4) is 0 Å². The predicted molar refractivity (Wildman–Crippen MR) is 71.0 cm³/mol. The fraction of sp³-hybridized carbons (Fsp3) is 0.357. The van der Waals surface area contributed by atoms with E-state index < -0.39 is 5.97 Å². The number of rotatable bonds is 4. The first kappa shape index (κ1) is 13.3. The van der Waals surface area contributed by atoms with Crippen LogP contribution in [0.1, 0.15) is 42.6 Å². The molecule has 19 heavy (non-hydrogen) atoms. The van der Waals surface area contributed by atoms with Crippen LogP contribution in [-0.2, 0) is 4.79 Å². The third-order valence-electron chi connectivity index (χ3n) is 3.01. The number of nitrogens with zero attached hydrogens (tertiary/aromatic N) is 1. The van der Waals surface area contributed by atoms with Crippen molar-refractivity contribution in [3.8, 4) is 0 Å². The van der Waals surface area contributed by atoms with Gasteiger partial charge in [0.1, 0.15) is 5.82 Å². The minimum atomic E-state index is -1.11. The zero-order chi connectivity index (χ0) is 13.7. The zero-order valence-electron chi connectivity index (χ0n) is 10.6. The summed E-state index contributed by atoms with van der Waals surface area (Å²) in [4.78, 5) is 26.4. The number of carboxylic acids is 1. The third kappa shape index (κ3) is 3.91. The van der Waals surface area contributed by atoms with E-state index >= 15 is 0 Å². The minimum absolute atomic E-state index is 0.0744. The van der Waals surface area contributed by atoms with Crippen molar-refractivity contribution in [1.29, 1.82) is 0 Å². The number of aromatic carboxylic acids is 1. The molecule has 5 nitrogen and oxygen atoms in total. The molecular formula is C14H16N2O3. The Morgan fingerprint density at radius 3 is 2.84 bits per heavy atom. The van der Waals surface area contributed by atoms with E-state index in [4.69, 9.17) is 5.11 Å². The van der Waals surface area contributed by atoms with Crippen LogP contribution in [0.15, 0.2) is 29.8 Å². The number of amides is 1. The zero-order valence-corrected chi connectivity index (χ0v) is 10.6. The number of allylic oxidation sites excluding steroid dienone is 1. The lowest BCUT2D eigenvalue weighted by Gasteiger charge is -2.12. The third-order valence-corrected chi connectivity index (χ3v) is 3.01. The van der Waals surface area contributed by atoms with E-state index in [1.807, 2.05) is 0 Å². The number of anilines is 1. The summed E-state index contributed by atoms with van der Waals surface area (Å²) >= 11 is 0. The Bertz CT molecular complexity index is 523. The Morgan fingerprint density at radius 2 is 2.16 bits per heavy atom. The van der Waals surface area contributed by atoms with Crippen molar-refractivity contribution in [1.82, 2.24) is 4.98 Å². The summed E-state index contributed by atoms with van der Waals surface area (Å²) < 4.78 is 0. The van der Waals surface area contributed by atoms with Crippen LogP contribution in [0, 0.1) is 0 Å². The molecule has 2 N–H and O–H groups in total. The molecule has 0 unspecified atom stereocenters. The van der Waals surface area contributed by atoms with Gasteiger partial charge in [0, 0.05) is 6.42 Å². The van der Waals surface area contributed by atoms with Gasteiger partial charge in [0.25, 0.3) is 0 Å². The highest BCUT2D eigenvalue weighted by molar-refractivity contribution is 5.92. The Labute approximate surface area is 111 Å². The molecule has 1 aromatic heterocycles. The first-order valence-corrected chi connectivity index (χ1v) is 6.33. The molecular weight excluding hydrogens is 244 g/mol. The van der Waals surface area contributed by atoms with Gasteiger partial charge in [0.15, 0.2) is 5.69 Å². The van der Waals surface area contributed by atoms with E-state index in [-0.39, 0.29) is 17.4 Å². The Kier molecular flexibility index (Phi) is 4.28. The predicted octanol–water partition coefficient (Wildman–Crippen LogP) is 2.61. The van der Waals surface area contributed by atoms with Crippen LogP contribution in [0.4, 0.5) is 5.82 Å². The Morgan fingerprint density at radius 1 is 1.32 bits per heavy atom. The molecule has 0 fully saturated rings. The van der Waals surface area contributed by atoms with Gasteiger partial charge in [-0.15, -0.1) is 0 Å². The maximum absolute atomic E-state index is 11.8. The van der Waals surface area contributed by atoms with Gasteiger partial charge in [0.05, 0.1) is 0 Å². The fourth-order valence-electron chi connectivity index (χ4n) is 2.08. The van der Waals surface area contributed by atoms with Gasteiger partial charge >= 0.3 is 5.97 Å². The normalized spacial score (nSPS) is 14.6. The van der Waals surface area contributed by atoms with E-state index in [2.05, 4.69) is 16.4 Å². The molecule has 0 saturated heterocycles. The number of aromatic nitrogens is 1. The minimum Gasteiger partial charge on any atom is -0.477 e. The van der Waals surface area contributed by atoms with E-state index in [0.717, 1.165) is 24.8 Å². The van der Waals surface area contributed by atoms with Crippen molar-refractivity contribution >= 4 is 17.7 Å². The molecule has 1 aliphatic rings. The van der Waals surface area contributed by atoms with E-state index in [9.17, 15) is 9.59 Å². The average Bonchev–Trinajstić information content (AvgIpc) is 2.40. The van der Waals surface area contributed by atoms with Crippen LogP contribution >= 0.6 is 0 Å². The highest BCUT2D eigenvalue weighted by atomic mass is 16.4. The summed E-state index contributed by atoms with van der Waals surface area (Å²) in [5.74, 6) is -0.976. The van der Waals surface area contributed by atoms with Crippen molar-refractivity contribution < 1.29 is 14.7 Å². The lowest BCUT2D eigenvalue weighted by atomic mass is 9.97. The Hall–Kier alpha value is -2.17. The van der Waals surface area contributed by atoms with Crippen molar-refractivity contribution in [3.63, 3.8) is 0 Å². The summed E-state index contributed by atoms with van der Waals surface area (Å²) in [6.07, 6.45) is 6.80. The van der Waals surface area contributed by atoms with Crippen molar-refractivity contribution in [3.05, 3.63) is 35.5 Å². The van der Waals surface area contributed by atoms with Crippen molar-refractivity contribution in [2.24, 2.45) is 0 Å². The monoisotopic (exact) mass is 260 g/mol. The summed E-state index contributed by atoms with van der Waals surface area (Å²) in [7, 11) is 0. The maximum Gasteiger partial charge on any atom is 0.354 e. The quantitative estimate of drug-likeness (QED) is 0.815.